The summed E-state index contributed by atoms with van der Waals surface area (Å²) in [6.07, 6.45) is 0.0633. The average molecular weight is 309 g/mol. The van der Waals surface area contributed by atoms with Gasteiger partial charge >= 0.3 is 0 Å². The fourth-order valence-electron chi connectivity index (χ4n) is 2.18. The van der Waals surface area contributed by atoms with Crippen molar-refractivity contribution in [3.8, 4) is 11.5 Å². The third-order valence-corrected chi connectivity index (χ3v) is 3.07. The highest BCUT2D eigenvalue weighted by Gasteiger charge is 2.18. The molecule has 22 heavy (non-hydrogen) atoms. The molecule has 0 unspecified atom stereocenters. The topological polar surface area (TPSA) is 67.8 Å². The van der Waals surface area contributed by atoms with Crippen molar-refractivity contribution in [2.24, 2.45) is 5.41 Å². The van der Waals surface area contributed by atoms with Crippen LogP contribution in [0.5, 0.6) is 11.5 Å². The molecule has 1 amide bonds. The van der Waals surface area contributed by atoms with Crippen LogP contribution in [0.2, 0.25) is 0 Å². The number of nitrogens with one attached hydrogen (secondary N) is 1. The highest BCUT2D eigenvalue weighted by atomic mass is 16.5. The second-order valence-corrected chi connectivity index (χ2v) is 6.43. The van der Waals surface area contributed by atoms with Gasteiger partial charge in [0.15, 0.2) is 11.5 Å². The van der Waals surface area contributed by atoms with Crippen LogP contribution < -0.4 is 14.8 Å². The van der Waals surface area contributed by atoms with Crippen molar-refractivity contribution in [1.29, 1.82) is 0 Å². The Kier molecular flexibility index (Phi) is 6.68. The van der Waals surface area contributed by atoms with E-state index in [0.29, 0.717) is 30.1 Å². The lowest BCUT2D eigenvalue weighted by atomic mass is 9.89. The number of hydrogen-bond donors (Lipinski definition) is 2. The molecular weight excluding hydrogens is 282 g/mol. The zero-order valence-electron chi connectivity index (χ0n) is 14.1. The molecule has 1 rings (SSSR count). The number of carbonyl (C=O) groups is 1. The Balaban J connectivity index is 2.66. The molecule has 0 heterocycles. The summed E-state index contributed by atoms with van der Waals surface area (Å²) in [5.74, 6) is 0.883. The molecule has 0 bridgehead atoms. The van der Waals surface area contributed by atoms with Crippen LogP contribution in [0.4, 0.5) is 0 Å². The fourth-order valence-corrected chi connectivity index (χ4v) is 2.18. The van der Waals surface area contributed by atoms with E-state index in [2.05, 4.69) is 26.1 Å². The summed E-state index contributed by atoms with van der Waals surface area (Å²) in [7, 11) is 1.53. The van der Waals surface area contributed by atoms with E-state index in [1.807, 2.05) is 6.92 Å². The van der Waals surface area contributed by atoms with Gasteiger partial charge in [0, 0.05) is 12.1 Å². The number of benzene rings is 1. The zero-order chi connectivity index (χ0) is 16.8. The Morgan fingerprint density at radius 3 is 2.55 bits per heavy atom. The minimum Gasteiger partial charge on any atom is -0.493 e. The molecule has 124 valence electrons. The van der Waals surface area contributed by atoms with Crippen molar-refractivity contribution in [1.82, 2.24) is 5.32 Å². The van der Waals surface area contributed by atoms with Crippen molar-refractivity contribution in [3.63, 3.8) is 0 Å². The number of methoxy groups -OCH3 is 1. The van der Waals surface area contributed by atoms with Gasteiger partial charge in [0.05, 0.1) is 19.8 Å². The van der Waals surface area contributed by atoms with Gasteiger partial charge in [0.2, 0.25) is 0 Å². The molecule has 0 aromatic heterocycles. The first-order valence-electron chi connectivity index (χ1n) is 7.54. The lowest BCUT2D eigenvalue weighted by Gasteiger charge is -2.22. The largest absolute Gasteiger partial charge is 0.493 e. The fraction of sp³-hybridized carbons (Fsp3) is 0.588. The van der Waals surface area contributed by atoms with Gasteiger partial charge in [0.25, 0.3) is 5.91 Å². The second-order valence-electron chi connectivity index (χ2n) is 6.43. The van der Waals surface area contributed by atoms with Gasteiger partial charge in [-0.3, -0.25) is 4.79 Å². The quantitative estimate of drug-likeness (QED) is 0.812. The molecule has 0 fully saturated rings. The highest BCUT2D eigenvalue weighted by Crippen LogP contribution is 2.28. The molecule has 0 aliphatic heterocycles. The Morgan fingerprint density at radius 2 is 2.00 bits per heavy atom. The summed E-state index contributed by atoms with van der Waals surface area (Å²) in [4.78, 5) is 12.1. The normalized spacial score (nSPS) is 12.6. The van der Waals surface area contributed by atoms with E-state index in [4.69, 9.17) is 9.47 Å². The molecule has 5 nitrogen and oxygen atoms in total. The van der Waals surface area contributed by atoms with E-state index in [1.54, 1.807) is 18.2 Å². The van der Waals surface area contributed by atoms with E-state index in [-0.39, 0.29) is 17.9 Å². The molecule has 0 saturated carbocycles. The monoisotopic (exact) mass is 309 g/mol. The summed E-state index contributed by atoms with van der Waals surface area (Å²) in [5, 5.41) is 12.7. The average Bonchev–Trinajstić information content (AvgIpc) is 2.43. The van der Waals surface area contributed by atoms with Gasteiger partial charge in [-0.1, -0.05) is 20.8 Å². The molecule has 0 spiro atoms. The highest BCUT2D eigenvalue weighted by molar-refractivity contribution is 5.94. The molecule has 0 aliphatic carbocycles. The van der Waals surface area contributed by atoms with Crippen molar-refractivity contribution in [2.75, 3.05) is 20.3 Å². The number of ether oxygens (including phenoxy) is 2. The van der Waals surface area contributed by atoms with E-state index >= 15 is 0 Å². The number of carbonyl (C=O) groups excluding carboxylic acids is 1. The lowest BCUT2D eigenvalue weighted by Crippen LogP contribution is -2.34. The first-order chi connectivity index (χ1) is 10.3. The van der Waals surface area contributed by atoms with E-state index in [9.17, 15) is 9.90 Å². The lowest BCUT2D eigenvalue weighted by molar-refractivity contribution is 0.0868. The minimum absolute atomic E-state index is 0.0203. The SMILES string of the molecule is CCOc1ccc(C(=O)NC[C@H](O)CC(C)(C)C)cc1OC. The Bertz CT molecular complexity index is 494. The molecule has 1 atom stereocenters. The van der Waals surface area contributed by atoms with Gasteiger partial charge in [0.1, 0.15) is 0 Å². The second kappa shape index (κ2) is 8.03. The van der Waals surface area contributed by atoms with E-state index < -0.39 is 6.10 Å². The number of amides is 1. The first-order valence-corrected chi connectivity index (χ1v) is 7.54. The Hall–Kier alpha value is -1.75. The van der Waals surface area contributed by atoms with Crippen LogP contribution in [0.15, 0.2) is 18.2 Å². The van der Waals surface area contributed by atoms with Gasteiger partial charge < -0.3 is 19.9 Å². The number of hydrogen-bond acceptors (Lipinski definition) is 4. The van der Waals surface area contributed by atoms with Crippen LogP contribution in [0.3, 0.4) is 0 Å². The molecule has 0 aliphatic rings. The van der Waals surface area contributed by atoms with Gasteiger partial charge in [-0.15, -0.1) is 0 Å². The van der Waals surface area contributed by atoms with Crippen LogP contribution >= 0.6 is 0 Å². The summed E-state index contributed by atoms with van der Waals surface area (Å²) in [6, 6.07) is 5.03. The number of aliphatic hydroxyl groups is 1. The van der Waals surface area contributed by atoms with Crippen molar-refractivity contribution in [2.45, 2.75) is 40.2 Å². The summed E-state index contributed by atoms with van der Waals surface area (Å²) < 4.78 is 10.6. The van der Waals surface area contributed by atoms with Crippen molar-refractivity contribution >= 4 is 5.91 Å². The summed E-state index contributed by atoms with van der Waals surface area (Å²) >= 11 is 0. The minimum atomic E-state index is -0.562. The number of rotatable bonds is 7. The Labute approximate surface area is 132 Å². The maximum Gasteiger partial charge on any atom is 0.251 e. The molecular formula is C17H27NO4. The summed E-state index contributed by atoms with van der Waals surface area (Å²) in [6.45, 7) is 8.79. The predicted octanol–water partition coefficient (Wildman–Crippen LogP) is 2.62. The third-order valence-electron chi connectivity index (χ3n) is 3.07. The Morgan fingerprint density at radius 1 is 1.32 bits per heavy atom. The predicted molar refractivity (Wildman–Crippen MR) is 86.6 cm³/mol. The third kappa shape index (κ3) is 5.93. The van der Waals surface area contributed by atoms with Crippen LogP contribution in [0, 0.1) is 5.41 Å². The smallest absolute Gasteiger partial charge is 0.251 e. The summed E-state index contributed by atoms with van der Waals surface area (Å²) in [5.41, 5.74) is 0.496. The van der Waals surface area contributed by atoms with Crippen LogP contribution in [-0.2, 0) is 0 Å². The zero-order valence-corrected chi connectivity index (χ0v) is 14.1. The van der Waals surface area contributed by atoms with Crippen LogP contribution in [0.1, 0.15) is 44.5 Å². The first kappa shape index (κ1) is 18.3. The molecule has 1 aromatic rings. The standard InChI is InChI=1S/C17H27NO4/c1-6-22-14-8-7-12(9-15(14)21-5)16(20)18-11-13(19)10-17(2,3)4/h7-9,13,19H,6,10-11H2,1-5H3,(H,18,20)/t13-/m1/s1. The molecule has 0 saturated heterocycles. The van der Waals surface area contributed by atoms with E-state index in [1.165, 1.54) is 7.11 Å². The van der Waals surface area contributed by atoms with Crippen LogP contribution in [-0.4, -0.2) is 37.4 Å². The van der Waals surface area contributed by atoms with Crippen molar-refractivity contribution < 1.29 is 19.4 Å². The molecule has 2 N–H and O–H groups in total. The maximum absolute atomic E-state index is 12.1. The number of aliphatic hydroxyl groups excluding tert-OH is 1. The maximum atomic E-state index is 12.1. The van der Waals surface area contributed by atoms with Crippen LogP contribution in [0.25, 0.3) is 0 Å². The molecule has 5 heteroatoms. The van der Waals surface area contributed by atoms with E-state index in [0.717, 1.165) is 0 Å². The van der Waals surface area contributed by atoms with Gasteiger partial charge in [-0.2, -0.15) is 0 Å². The molecule has 1 aromatic carbocycles. The van der Waals surface area contributed by atoms with Crippen molar-refractivity contribution in [3.05, 3.63) is 23.8 Å². The molecule has 0 radical (unpaired) electrons. The van der Waals surface area contributed by atoms with Gasteiger partial charge in [-0.05, 0) is 37.0 Å². The van der Waals surface area contributed by atoms with Gasteiger partial charge in [-0.25, -0.2) is 0 Å².